The largest absolute Gasteiger partial charge is 0.483 e. The Labute approximate surface area is 157 Å². The molecule has 0 amide bonds. The molecular weight excluding hydrogens is 326 g/mol. The number of aromatic nitrogens is 2. The number of hydrogen-bond acceptors (Lipinski definition) is 5. The summed E-state index contributed by atoms with van der Waals surface area (Å²) in [5.74, 6) is 1.13. The van der Waals surface area contributed by atoms with Crippen LogP contribution in [0.3, 0.4) is 0 Å². The van der Waals surface area contributed by atoms with Crippen LogP contribution in [0.1, 0.15) is 40.0 Å². The number of rotatable bonds is 12. The van der Waals surface area contributed by atoms with Gasteiger partial charge >= 0.3 is 0 Å². The average Bonchev–Trinajstić information content (AvgIpc) is 2.63. The van der Waals surface area contributed by atoms with E-state index in [-0.39, 0.29) is 12.6 Å². The number of allylic oxidation sites excluding steroid dienone is 4. The van der Waals surface area contributed by atoms with Crippen molar-refractivity contribution in [1.29, 1.82) is 0 Å². The topological polar surface area (TPSA) is 67.3 Å². The lowest BCUT2D eigenvalue weighted by molar-refractivity contribution is 0.266. The maximum Gasteiger partial charge on any atom is 0.180 e. The number of nitrogens with zero attached hydrogens (tertiary/aromatic N) is 2. The standard InChI is InChI=1S/C21H31N3O2/c1-6-7-11-19(13-25)24-21-20(12-22-15-23-21)26-14-17(4)9-8-10-18(5)16(2)3/h8-10,12,15,19,25H,2,4,6-7,11,13-14H2,1,3,5H3,(H,22,23,24)/b9-8-,18-10+. The van der Waals surface area contributed by atoms with Crippen molar-refractivity contribution in [2.24, 2.45) is 0 Å². The average molecular weight is 357 g/mol. The van der Waals surface area contributed by atoms with E-state index in [2.05, 4.69) is 35.4 Å². The Kier molecular flexibility index (Phi) is 10.0. The van der Waals surface area contributed by atoms with Crippen molar-refractivity contribution in [2.45, 2.75) is 46.1 Å². The quantitative estimate of drug-likeness (QED) is 0.541. The molecule has 26 heavy (non-hydrogen) atoms. The van der Waals surface area contributed by atoms with Crippen LogP contribution in [0.15, 0.2) is 60.6 Å². The lowest BCUT2D eigenvalue weighted by Gasteiger charge is -2.18. The fourth-order valence-corrected chi connectivity index (χ4v) is 2.07. The van der Waals surface area contributed by atoms with Crippen molar-refractivity contribution in [3.63, 3.8) is 0 Å². The van der Waals surface area contributed by atoms with Gasteiger partial charge in [-0.3, -0.25) is 0 Å². The second-order valence-electron chi connectivity index (χ2n) is 6.34. The van der Waals surface area contributed by atoms with Gasteiger partial charge in [-0.15, -0.1) is 0 Å². The van der Waals surface area contributed by atoms with Gasteiger partial charge in [-0.1, -0.05) is 56.7 Å². The first-order chi connectivity index (χ1) is 12.5. The van der Waals surface area contributed by atoms with Gasteiger partial charge in [0.1, 0.15) is 12.9 Å². The van der Waals surface area contributed by atoms with Crippen molar-refractivity contribution in [3.05, 3.63) is 60.6 Å². The zero-order chi connectivity index (χ0) is 19.4. The lowest BCUT2D eigenvalue weighted by Crippen LogP contribution is -2.24. The zero-order valence-electron chi connectivity index (χ0n) is 16.2. The normalized spacial score (nSPS) is 12.8. The van der Waals surface area contributed by atoms with Gasteiger partial charge in [0.15, 0.2) is 11.6 Å². The van der Waals surface area contributed by atoms with E-state index in [1.165, 1.54) is 6.33 Å². The minimum Gasteiger partial charge on any atom is -0.483 e. The molecule has 0 aromatic carbocycles. The fourth-order valence-electron chi connectivity index (χ4n) is 2.07. The van der Waals surface area contributed by atoms with Crippen molar-refractivity contribution in [1.82, 2.24) is 9.97 Å². The molecule has 1 unspecified atom stereocenters. The molecule has 2 N–H and O–H groups in total. The number of hydrogen-bond donors (Lipinski definition) is 2. The van der Waals surface area contributed by atoms with Gasteiger partial charge in [-0.2, -0.15) is 0 Å². The highest BCUT2D eigenvalue weighted by Crippen LogP contribution is 2.22. The molecular formula is C21H31N3O2. The van der Waals surface area contributed by atoms with E-state index in [9.17, 15) is 5.11 Å². The molecule has 0 aliphatic carbocycles. The summed E-state index contributed by atoms with van der Waals surface area (Å²) < 4.78 is 5.80. The Morgan fingerprint density at radius 2 is 2.15 bits per heavy atom. The predicted octanol–water partition coefficient (Wildman–Crippen LogP) is 4.45. The summed E-state index contributed by atoms with van der Waals surface area (Å²) in [7, 11) is 0. The first kappa shape index (κ1) is 21.6. The Balaban J connectivity index is 2.65. The van der Waals surface area contributed by atoms with Crippen LogP contribution in [0.2, 0.25) is 0 Å². The lowest BCUT2D eigenvalue weighted by atomic mass is 10.1. The highest BCUT2D eigenvalue weighted by atomic mass is 16.5. The number of aliphatic hydroxyl groups excluding tert-OH is 1. The smallest absolute Gasteiger partial charge is 0.180 e. The molecule has 0 aliphatic heterocycles. The second kappa shape index (κ2) is 12.0. The first-order valence-electron chi connectivity index (χ1n) is 8.96. The third kappa shape index (κ3) is 8.12. The summed E-state index contributed by atoms with van der Waals surface area (Å²) in [5, 5.41) is 12.8. The van der Waals surface area contributed by atoms with Crippen LogP contribution >= 0.6 is 0 Å². The Hall–Kier alpha value is -2.40. The van der Waals surface area contributed by atoms with E-state index in [0.29, 0.717) is 18.2 Å². The molecule has 0 saturated heterocycles. The highest BCUT2D eigenvalue weighted by molar-refractivity contribution is 5.49. The highest BCUT2D eigenvalue weighted by Gasteiger charge is 2.12. The van der Waals surface area contributed by atoms with E-state index in [4.69, 9.17) is 4.74 Å². The molecule has 5 nitrogen and oxygen atoms in total. The maximum absolute atomic E-state index is 9.52. The predicted molar refractivity (Wildman–Crippen MR) is 108 cm³/mol. The van der Waals surface area contributed by atoms with Crippen LogP contribution in [-0.4, -0.2) is 34.3 Å². The van der Waals surface area contributed by atoms with E-state index >= 15 is 0 Å². The Bertz CT molecular complexity index is 650. The molecule has 0 fully saturated rings. The van der Waals surface area contributed by atoms with Crippen molar-refractivity contribution < 1.29 is 9.84 Å². The summed E-state index contributed by atoms with van der Waals surface area (Å²) in [6.45, 7) is 14.4. The number of anilines is 1. The van der Waals surface area contributed by atoms with Crippen LogP contribution in [0.4, 0.5) is 5.82 Å². The number of aliphatic hydroxyl groups is 1. The molecule has 0 radical (unpaired) electrons. The van der Waals surface area contributed by atoms with Gasteiger partial charge in [-0.05, 0) is 31.4 Å². The summed E-state index contributed by atoms with van der Waals surface area (Å²) in [6.07, 6.45) is 11.9. The molecule has 5 heteroatoms. The van der Waals surface area contributed by atoms with Crippen LogP contribution in [0.5, 0.6) is 5.75 Å². The SMILES string of the molecule is C=C(/C=C\C=C(/C)C(=C)C)COc1cncnc1NC(CO)CCCC. The number of unbranched alkanes of at least 4 members (excludes halogenated alkanes) is 1. The second-order valence-corrected chi connectivity index (χ2v) is 6.34. The van der Waals surface area contributed by atoms with Crippen molar-refractivity contribution >= 4 is 5.82 Å². The molecule has 1 aromatic rings. The molecule has 142 valence electrons. The van der Waals surface area contributed by atoms with Gasteiger partial charge < -0.3 is 15.2 Å². The number of nitrogens with one attached hydrogen (secondary N) is 1. The molecule has 0 aliphatic rings. The van der Waals surface area contributed by atoms with Crippen molar-refractivity contribution in [3.8, 4) is 5.75 Å². The monoisotopic (exact) mass is 357 g/mol. The van der Waals surface area contributed by atoms with Crippen molar-refractivity contribution in [2.75, 3.05) is 18.5 Å². The molecule has 0 spiro atoms. The minimum atomic E-state index is -0.0504. The first-order valence-corrected chi connectivity index (χ1v) is 8.96. The molecule has 1 rings (SSSR count). The molecule has 1 atom stereocenters. The van der Waals surface area contributed by atoms with Gasteiger partial charge in [0, 0.05) is 0 Å². The minimum absolute atomic E-state index is 0.0489. The molecule has 1 heterocycles. The summed E-state index contributed by atoms with van der Waals surface area (Å²) in [4.78, 5) is 8.25. The summed E-state index contributed by atoms with van der Waals surface area (Å²) in [6, 6.07) is -0.0504. The third-order valence-corrected chi connectivity index (χ3v) is 3.91. The molecule has 0 saturated carbocycles. The van der Waals surface area contributed by atoms with Gasteiger partial charge in [0.05, 0.1) is 18.8 Å². The third-order valence-electron chi connectivity index (χ3n) is 3.91. The number of ether oxygens (including phenoxy) is 1. The van der Waals surface area contributed by atoms with E-state index < -0.39 is 0 Å². The zero-order valence-corrected chi connectivity index (χ0v) is 16.2. The Morgan fingerprint density at radius 3 is 2.81 bits per heavy atom. The molecule has 1 aromatic heterocycles. The van der Waals surface area contributed by atoms with Gasteiger partial charge in [0.2, 0.25) is 0 Å². The van der Waals surface area contributed by atoms with E-state index in [0.717, 1.165) is 36.0 Å². The molecule has 0 bridgehead atoms. The van der Waals surface area contributed by atoms with E-state index in [1.54, 1.807) is 6.20 Å². The van der Waals surface area contributed by atoms with Gasteiger partial charge in [0.25, 0.3) is 0 Å². The fraction of sp³-hybridized carbons (Fsp3) is 0.429. The maximum atomic E-state index is 9.52. The van der Waals surface area contributed by atoms with Crippen LogP contribution in [0, 0.1) is 0 Å². The van der Waals surface area contributed by atoms with Crippen LogP contribution in [0.25, 0.3) is 0 Å². The summed E-state index contributed by atoms with van der Waals surface area (Å²) in [5.41, 5.74) is 2.99. The van der Waals surface area contributed by atoms with Crippen LogP contribution in [-0.2, 0) is 0 Å². The summed E-state index contributed by atoms with van der Waals surface area (Å²) >= 11 is 0. The van der Waals surface area contributed by atoms with Gasteiger partial charge in [-0.25, -0.2) is 9.97 Å². The van der Waals surface area contributed by atoms with Crippen LogP contribution < -0.4 is 10.1 Å². The van der Waals surface area contributed by atoms with E-state index in [1.807, 2.05) is 32.1 Å². The Morgan fingerprint density at radius 1 is 1.38 bits per heavy atom.